The molecule has 0 spiro atoms. The van der Waals surface area contributed by atoms with Crippen LogP contribution in [0.5, 0.6) is 0 Å². The van der Waals surface area contributed by atoms with Crippen LogP contribution in [0.1, 0.15) is 11.8 Å². The molecular weight excluding hydrogens is 344 g/mol. The summed E-state index contributed by atoms with van der Waals surface area (Å²) >= 11 is 2.98. The first-order valence-corrected chi connectivity index (χ1v) is 8.87. The molecular formula is C16H12N4O2S2. The molecule has 4 heterocycles. The van der Waals surface area contributed by atoms with Crippen LogP contribution in [0.25, 0.3) is 10.2 Å². The number of hydrazine groups is 1. The van der Waals surface area contributed by atoms with E-state index >= 15 is 0 Å². The van der Waals surface area contributed by atoms with Gasteiger partial charge in [-0.05, 0) is 37.4 Å². The number of anilines is 2. The van der Waals surface area contributed by atoms with Crippen LogP contribution in [-0.4, -0.2) is 26.8 Å². The summed E-state index contributed by atoms with van der Waals surface area (Å²) in [5, 5.41) is 6.20. The molecule has 1 aliphatic heterocycles. The largest absolute Gasteiger partial charge is 0.276 e. The van der Waals surface area contributed by atoms with E-state index in [0.717, 1.165) is 25.1 Å². The van der Waals surface area contributed by atoms with Gasteiger partial charge in [0.05, 0.1) is 5.39 Å². The van der Waals surface area contributed by atoms with Gasteiger partial charge in [-0.25, -0.2) is 15.0 Å². The summed E-state index contributed by atoms with van der Waals surface area (Å²) in [5.41, 5.74) is 0.411. The Morgan fingerprint density at radius 3 is 2.62 bits per heavy atom. The van der Waals surface area contributed by atoms with E-state index in [1.807, 2.05) is 30.5 Å². The number of rotatable bonds is 3. The first-order chi connectivity index (χ1) is 11.6. The van der Waals surface area contributed by atoms with Crippen LogP contribution in [0.3, 0.4) is 0 Å². The van der Waals surface area contributed by atoms with Crippen molar-refractivity contribution < 1.29 is 9.59 Å². The van der Waals surface area contributed by atoms with Gasteiger partial charge in [0.2, 0.25) is 0 Å². The normalized spacial score (nSPS) is 14.6. The van der Waals surface area contributed by atoms with E-state index in [2.05, 4.69) is 9.97 Å². The molecule has 0 unspecified atom stereocenters. The predicted molar refractivity (Wildman–Crippen MR) is 94.2 cm³/mol. The SMILES string of the molecule is CC1=CC(=O)N(N(c2ccc(C)s2)c2ncnc3sccc23)C1=O. The zero-order valence-corrected chi connectivity index (χ0v) is 14.5. The second-order valence-electron chi connectivity index (χ2n) is 5.32. The molecule has 2 amide bonds. The summed E-state index contributed by atoms with van der Waals surface area (Å²) in [7, 11) is 0. The highest BCUT2D eigenvalue weighted by Gasteiger charge is 2.36. The monoisotopic (exact) mass is 356 g/mol. The van der Waals surface area contributed by atoms with Gasteiger partial charge in [0.1, 0.15) is 16.2 Å². The standard InChI is InChI=1S/C16H12N4O2S2/c1-9-7-12(21)19(16(9)22)20(13-4-3-10(2)24-13)14-11-5-6-23-15(11)18-8-17-14/h3-8H,1-2H3. The third-order valence-corrected chi connectivity index (χ3v) is 5.45. The fourth-order valence-corrected chi connectivity index (χ4v) is 4.13. The Balaban J connectivity index is 1.94. The minimum absolute atomic E-state index is 0.340. The van der Waals surface area contributed by atoms with Crippen molar-refractivity contribution in [2.45, 2.75) is 13.8 Å². The number of aryl methyl sites for hydroxylation is 1. The lowest BCUT2D eigenvalue weighted by molar-refractivity contribution is -0.137. The Labute approximate surface area is 145 Å². The summed E-state index contributed by atoms with van der Waals surface area (Å²) in [6.07, 6.45) is 2.80. The maximum absolute atomic E-state index is 12.5. The van der Waals surface area contributed by atoms with Crippen molar-refractivity contribution in [3.05, 3.63) is 46.4 Å². The van der Waals surface area contributed by atoms with Crippen LogP contribution in [0.4, 0.5) is 10.8 Å². The molecule has 4 rings (SSSR count). The van der Waals surface area contributed by atoms with Gasteiger partial charge in [-0.2, -0.15) is 5.01 Å². The van der Waals surface area contributed by atoms with E-state index in [1.165, 1.54) is 35.1 Å². The van der Waals surface area contributed by atoms with Gasteiger partial charge in [0.25, 0.3) is 11.8 Å². The molecule has 24 heavy (non-hydrogen) atoms. The molecule has 0 saturated heterocycles. The molecule has 3 aromatic rings. The Morgan fingerprint density at radius 1 is 1.12 bits per heavy atom. The minimum Gasteiger partial charge on any atom is -0.267 e. The van der Waals surface area contributed by atoms with E-state index in [0.29, 0.717) is 11.4 Å². The first kappa shape index (κ1) is 15.0. The van der Waals surface area contributed by atoms with E-state index < -0.39 is 0 Å². The van der Waals surface area contributed by atoms with E-state index in [9.17, 15) is 9.59 Å². The van der Waals surface area contributed by atoms with Gasteiger partial charge in [-0.3, -0.25) is 9.59 Å². The number of hydrogen-bond acceptors (Lipinski definition) is 7. The maximum atomic E-state index is 12.5. The Bertz CT molecular complexity index is 1000. The average molecular weight is 356 g/mol. The molecule has 6 nitrogen and oxygen atoms in total. The number of fused-ring (bicyclic) bond motifs is 1. The summed E-state index contributed by atoms with van der Waals surface area (Å²) < 4.78 is 0. The van der Waals surface area contributed by atoms with Crippen molar-refractivity contribution in [2.75, 3.05) is 5.01 Å². The van der Waals surface area contributed by atoms with E-state index in [1.54, 1.807) is 11.9 Å². The second-order valence-corrected chi connectivity index (χ2v) is 7.48. The van der Waals surface area contributed by atoms with Gasteiger partial charge >= 0.3 is 0 Å². The number of carbonyl (C=O) groups is 2. The van der Waals surface area contributed by atoms with Crippen LogP contribution < -0.4 is 5.01 Å². The summed E-state index contributed by atoms with van der Waals surface area (Å²) in [5.74, 6) is -0.188. The highest BCUT2D eigenvalue weighted by Crippen LogP contribution is 2.38. The highest BCUT2D eigenvalue weighted by molar-refractivity contribution is 7.17. The average Bonchev–Trinajstić information content (AvgIpc) is 3.24. The number of carbonyl (C=O) groups excluding carboxylic acids is 2. The van der Waals surface area contributed by atoms with E-state index in [-0.39, 0.29) is 11.8 Å². The number of imide groups is 1. The third kappa shape index (κ3) is 2.22. The molecule has 1 aliphatic rings. The number of hydrogen-bond donors (Lipinski definition) is 0. The van der Waals surface area contributed by atoms with Crippen LogP contribution in [-0.2, 0) is 9.59 Å². The number of aromatic nitrogens is 2. The lowest BCUT2D eigenvalue weighted by Gasteiger charge is -2.30. The molecule has 0 saturated carbocycles. The van der Waals surface area contributed by atoms with Crippen LogP contribution in [0.2, 0.25) is 0 Å². The van der Waals surface area contributed by atoms with Crippen molar-refractivity contribution in [1.29, 1.82) is 0 Å². The quantitative estimate of drug-likeness (QED) is 0.673. The van der Waals surface area contributed by atoms with Crippen LogP contribution in [0, 0.1) is 6.92 Å². The van der Waals surface area contributed by atoms with Crippen molar-refractivity contribution >= 4 is 55.5 Å². The molecule has 0 aliphatic carbocycles. The summed E-state index contributed by atoms with van der Waals surface area (Å²) in [4.78, 5) is 35.5. The molecule has 0 aromatic carbocycles. The number of thiophene rings is 2. The van der Waals surface area contributed by atoms with Gasteiger partial charge in [0.15, 0.2) is 5.82 Å². The summed E-state index contributed by atoms with van der Waals surface area (Å²) in [6, 6.07) is 5.73. The van der Waals surface area contributed by atoms with Crippen molar-refractivity contribution in [3.8, 4) is 0 Å². The summed E-state index contributed by atoms with van der Waals surface area (Å²) in [6.45, 7) is 3.61. The zero-order chi connectivity index (χ0) is 16.8. The molecule has 0 radical (unpaired) electrons. The van der Waals surface area contributed by atoms with Crippen LogP contribution >= 0.6 is 22.7 Å². The first-order valence-electron chi connectivity index (χ1n) is 7.17. The Kier molecular flexibility index (Phi) is 3.43. The minimum atomic E-state index is -0.370. The topological polar surface area (TPSA) is 66.4 Å². The van der Waals surface area contributed by atoms with Crippen molar-refractivity contribution in [1.82, 2.24) is 15.0 Å². The molecule has 0 atom stereocenters. The molecule has 8 heteroatoms. The van der Waals surface area contributed by atoms with Gasteiger partial charge < -0.3 is 0 Å². The molecule has 120 valence electrons. The van der Waals surface area contributed by atoms with Crippen LogP contribution in [0.15, 0.2) is 41.6 Å². The lowest BCUT2D eigenvalue weighted by Crippen LogP contribution is -2.44. The fraction of sp³-hybridized carbons (Fsp3) is 0.125. The maximum Gasteiger partial charge on any atom is 0.276 e. The second kappa shape index (κ2) is 5.50. The molecule has 0 N–H and O–H groups in total. The van der Waals surface area contributed by atoms with Gasteiger partial charge in [-0.1, -0.05) is 0 Å². The Hall–Kier alpha value is -2.58. The number of nitrogens with zero attached hydrogens (tertiary/aromatic N) is 4. The predicted octanol–water partition coefficient (Wildman–Crippen LogP) is 3.43. The van der Waals surface area contributed by atoms with Gasteiger partial charge in [-0.15, -0.1) is 22.7 Å². The molecule has 3 aromatic heterocycles. The lowest BCUT2D eigenvalue weighted by atomic mass is 10.3. The van der Waals surface area contributed by atoms with Crippen molar-refractivity contribution in [3.63, 3.8) is 0 Å². The molecule has 0 bridgehead atoms. The Morgan fingerprint density at radius 2 is 1.96 bits per heavy atom. The smallest absolute Gasteiger partial charge is 0.267 e. The number of amides is 2. The van der Waals surface area contributed by atoms with Gasteiger partial charge in [0, 0.05) is 16.5 Å². The highest BCUT2D eigenvalue weighted by atomic mass is 32.1. The van der Waals surface area contributed by atoms with Crippen molar-refractivity contribution in [2.24, 2.45) is 0 Å². The molecule has 0 fully saturated rings. The van der Waals surface area contributed by atoms with E-state index in [4.69, 9.17) is 0 Å². The fourth-order valence-electron chi connectivity index (χ4n) is 2.54. The zero-order valence-electron chi connectivity index (χ0n) is 12.9. The third-order valence-electron chi connectivity index (χ3n) is 3.65.